The van der Waals surface area contributed by atoms with E-state index in [0.29, 0.717) is 5.56 Å². The Balaban J connectivity index is 3.39. The summed E-state index contributed by atoms with van der Waals surface area (Å²) >= 11 is 0. The Hall–Kier alpha value is -1.55. The fraction of sp³-hybridized carbons (Fsp3) is 0.417. The van der Waals surface area contributed by atoms with Gasteiger partial charge in [0.2, 0.25) is 0 Å². The van der Waals surface area contributed by atoms with Crippen LogP contribution in [-0.2, 0) is 4.79 Å². The van der Waals surface area contributed by atoms with E-state index in [2.05, 4.69) is 0 Å². The lowest BCUT2D eigenvalue weighted by Gasteiger charge is -2.17. The summed E-state index contributed by atoms with van der Waals surface area (Å²) in [6, 6.07) is 0.795. The average Bonchev–Trinajstić information content (AvgIpc) is 2.23. The van der Waals surface area contributed by atoms with E-state index in [1.807, 2.05) is 20.8 Å². The fourth-order valence-corrected chi connectivity index (χ4v) is 1.86. The first-order chi connectivity index (χ1) is 7.40. The summed E-state index contributed by atoms with van der Waals surface area (Å²) < 4.78 is 5.26. The Labute approximate surface area is 95.0 Å². The Morgan fingerprint density at radius 3 is 2.38 bits per heavy atom. The largest absolute Gasteiger partial charge is 0.496 e. The summed E-state index contributed by atoms with van der Waals surface area (Å²) in [7, 11) is 1.60. The highest BCUT2D eigenvalue weighted by atomic mass is 16.5. The van der Waals surface area contributed by atoms with Crippen LogP contribution in [0.3, 0.4) is 0 Å². The molecule has 0 aliphatic rings. The number of aliphatic carboxylic acids is 1. The van der Waals surface area contributed by atoms with E-state index in [4.69, 9.17) is 15.6 Å². The quantitative estimate of drug-likeness (QED) is 0.818. The van der Waals surface area contributed by atoms with Gasteiger partial charge in [0.15, 0.2) is 0 Å². The number of carbonyl (C=O) groups is 1. The molecule has 88 valence electrons. The minimum Gasteiger partial charge on any atom is -0.496 e. The molecule has 0 fully saturated rings. The first-order valence-electron chi connectivity index (χ1n) is 5.03. The summed E-state index contributed by atoms with van der Waals surface area (Å²) in [4.78, 5) is 10.9. The van der Waals surface area contributed by atoms with Gasteiger partial charge in [-0.15, -0.1) is 0 Å². The number of benzene rings is 1. The predicted molar refractivity (Wildman–Crippen MR) is 61.8 cm³/mol. The van der Waals surface area contributed by atoms with E-state index in [-0.39, 0.29) is 0 Å². The first-order valence-corrected chi connectivity index (χ1v) is 5.03. The molecule has 0 saturated carbocycles. The fourth-order valence-electron chi connectivity index (χ4n) is 1.86. The molecule has 0 heterocycles. The lowest BCUT2D eigenvalue weighted by atomic mass is 9.94. The van der Waals surface area contributed by atoms with E-state index in [1.165, 1.54) is 0 Å². The van der Waals surface area contributed by atoms with Gasteiger partial charge in [0.05, 0.1) is 7.11 Å². The van der Waals surface area contributed by atoms with Crippen molar-refractivity contribution in [1.82, 2.24) is 0 Å². The molecule has 4 heteroatoms. The second-order valence-corrected chi connectivity index (χ2v) is 3.88. The van der Waals surface area contributed by atoms with Gasteiger partial charge in [-0.1, -0.05) is 0 Å². The van der Waals surface area contributed by atoms with Crippen molar-refractivity contribution in [3.05, 3.63) is 28.3 Å². The molecule has 0 amide bonds. The van der Waals surface area contributed by atoms with Crippen molar-refractivity contribution in [2.75, 3.05) is 7.11 Å². The monoisotopic (exact) mass is 223 g/mol. The molecule has 0 saturated heterocycles. The zero-order valence-electron chi connectivity index (χ0n) is 10.00. The number of rotatable bonds is 3. The molecule has 0 bridgehead atoms. The summed E-state index contributed by atoms with van der Waals surface area (Å²) in [5.74, 6) is -0.231. The predicted octanol–water partition coefficient (Wildman–Crippen LogP) is 1.70. The number of hydrogen-bond acceptors (Lipinski definition) is 3. The van der Waals surface area contributed by atoms with Crippen molar-refractivity contribution in [3.8, 4) is 5.75 Å². The third-order valence-electron chi connectivity index (χ3n) is 2.87. The van der Waals surface area contributed by atoms with Crippen molar-refractivity contribution in [3.63, 3.8) is 0 Å². The number of carboxylic acid groups (broad SMARTS) is 1. The summed E-state index contributed by atoms with van der Waals surface area (Å²) in [6.45, 7) is 5.64. The van der Waals surface area contributed by atoms with Gasteiger partial charge in [-0.25, -0.2) is 0 Å². The third kappa shape index (κ3) is 2.02. The molecule has 1 rings (SSSR count). The van der Waals surface area contributed by atoms with Crippen molar-refractivity contribution in [2.45, 2.75) is 26.8 Å². The Morgan fingerprint density at radius 2 is 1.94 bits per heavy atom. The lowest BCUT2D eigenvalue weighted by Crippen LogP contribution is -2.22. The zero-order chi connectivity index (χ0) is 12.5. The van der Waals surface area contributed by atoms with E-state index in [9.17, 15) is 4.79 Å². The second-order valence-electron chi connectivity index (χ2n) is 3.88. The van der Waals surface area contributed by atoms with Crippen molar-refractivity contribution >= 4 is 5.97 Å². The summed E-state index contributed by atoms with van der Waals surface area (Å²) in [5.41, 5.74) is 8.98. The minimum atomic E-state index is -1.02. The molecule has 1 aromatic rings. The Bertz CT molecular complexity index is 427. The van der Waals surface area contributed by atoms with Gasteiger partial charge < -0.3 is 15.6 Å². The van der Waals surface area contributed by atoms with Gasteiger partial charge in [-0.05, 0) is 49.1 Å². The Morgan fingerprint density at radius 1 is 1.38 bits per heavy atom. The molecular weight excluding hydrogens is 206 g/mol. The van der Waals surface area contributed by atoms with E-state index in [1.54, 1.807) is 13.2 Å². The molecule has 0 aliphatic heterocycles. The zero-order valence-corrected chi connectivity index (χ0v) is 10.00. The van der Waals surface area contributed by atoms with E-state index >= 15 is 0 Å². The van der Waals surface area contributed by atoms with Crippen LogP contribution in [0.15, 0.2) is 6.07 Å². The standard InChI is InChI=1S/C12H17NO3/c1-6-5-9(10(13)12(14)15)7(2)8(3)11(6)16-4/h5,10H,13H2,1-4H3,(H,14,15). The third-order valence-corrected chi connectivity index (χ3v) is 2.87. The average molecular weight is 223 g/mol. The smallest absolute Gasteiger partial charge is 0.325 e. The molecule has 3 N–H and O–H groups in total. The van der Waals surface area contributed by atoms with E-state index in [0.717, 1.165) is 22.4 Å². The maximum atomic E-state index is 10.9. The van der Waals surface area contributed by atoms with Crippen LogP contribution in [0.5, 0.6) is 5.75 Å². The number of hydrogen-bond donors (Lipinski definition) is 2. The van der Waals surface area contributed by atoms with Gasteiger partial charge in [0.1, 0.15) is 11.8 Å². The van der Waals surface area contributed by atoms with Crippen LogP contribution in [0.2, 0.25) is 0 Å². The molecule has 0 aromatic heterocycles. The van der Waals surface area contributed by atoms with Gasteiger partial charge in [-0.3, -0.25) is 4.79 Å². The van der Waals surface area contributed by atoms with Crippen LogP contribution in [0.25, 0.3) is 0 Å². The van der Waals surface area contributed by atoms with Crippen LogP contribution in [0.4, 0.5) is 0 Å². The lowest BCUT2D eigenvalue weighted by molar-refractivity contribution is -0.138. The van der Waals surface area contributed by atoms with Crippen molar-refractivity contribution in [2.24, 2.45) is 5.73 Å². The van der Waals surface area contributed by atoms with Gasteiger partial charge in [0, 0.05) is 0 Å². The molecule has 0 radical (unpaired) electrons. The van der Waals surface area contributed by atoms with Gasteiger partial charge >= 0.3 is 5.97 Å². The van der Waals surface area contributed by atoms with Crippen LogP contribution >= 0.6 is 0 Å². The normalized spacial score (nSPS) is 12.3. The SMILES string of the molecule is COc1c(C)cc(C(N)C(=O)O)c(C)c1C. The summed E-state index contributed by atoms with van der Waals surface area (Å²) in [5, 5.41) is 8.91. The molecule has 0 aliphatic carbocycles. The molecule has 1 aromatic carbocycles. The van der Waals surface area contributed by atoms with Crippen LogP contribution in [-0.4, -0.2) is 18.2 Å². The molecule has 1 unspecified atom stereocenters. The highest BCUT2D eigenvalue weighted by Gasteiger charge is 2.20. The van der Waals surface area contributed by atoms with Gasteiger partial charge in [-0.2, -0.15) is 0 Å². The number of nitrogens with two attached hydrogens (primary N) is 1. The van der Waals surface area contributed by atoms with E-state index < -0.39 is 12.0 Å². The highest BCUT2D eigenvalue weighted by Crippen LogP contribution is 2.30. The first kappa shape index (κ1) is 12.5. The molecular formula is C12H17NO3. The van der Waals surface area contributed by atoms with Gasteiger partial charge in [0.25, 0.3) is 0 Å². The number of carboxylic acids is 1. The van der Waals surface area contributed by atoms with Crippen LogP contribution in [0.1, 0.15) is 28.3 Å². The summed E-state index contributed by atoms with van der Waals surface area (Å²) in [6.07, 6.45) is 0. The number of aryl methyl sites for hydroxylation is 1. The molecule has 16 heavy (non-hydrogen) atoms. The van der Waals surface area contributed by atoms with Crippen molar-refractivity contribution in [1.29, 1.82) is 0 Å². The maximum absolute atomic E-state index is 10.9. The Kier molecular flexibility index (Phi) is 3.55. The molecule has 4 nitrogen and oxygen atoms in total. The number of ether oxygens (including phenoxy) is 1. The molecule has 0 spiro atoms. The highest BCUT2D eigenvalue weighted by molar-refractivity contribution is 5.76. The second kappa shape index (κ2) is 4.53. The van der Waals surface area contributed by atoms with Crippen molar-refractivity contribution < 1.29 is 14.6 Å². The molecule has 1 atom stereocenters. The maximum Gasteiger partial charge on any atom is 0.325 e. The van der Waals surface area contributed by atoms with Crippen LogP contribution < -0.4 is 10.5 Å². The topological polar surface area (TPSA) is 72.5 Å². The minimum absolute atomic E-state index is 0.642. The van der Waals surface area contributed by atoms with Crippen LogP contribution in [0, 0.1) is 20.8 Å². The number of methoxy groups -OCH3 is 1.